The number of hydrogen-bond donors (Lipinski definition) is 2. The molecule has 1 heterocycles. The van der Waals surface area contributed by atoms with Crippen molar-refractivity contribution in [2.45, 2.75) is 6.42 Å². The number of halogens is 1. The maximum Gasteiger partial charge on any atom is 0.251 e. The first-order chi connectivity index (χ1) is 12.6. The fraction of sp³-hybridized carbons (Fsp3) is 0.111. The minimum atomic E-state index is -0.210. The summed E-state index contributed by atoms with van der Waals surface area (Å²) < 4.78 is 2.40. The topological polar surface area (TPSA) is 88.9 Å². The molecular weight excluding hydrogens is 398 g/mol. The lowest BCUT2D eigenvalue weighted by atomic mass is 10.2. The number of hydrogen-bond acceptors (Lipinski definition) is 4. The first kappa shape index (κ1) is 17.8. The minimum Gasteiger partial charge on any atom is -0.352 e. The van der Waals surface area contributed by atoms with Crippen molar-refractivity contribution >= 4 is 33.4 Å². The highest BCUT2D eigenvalue weighted by molar-refractivity contribution is 9.10. The maximum absolute atomic E-state index is 12.2. The van der Waals surface area contributed by atoms with Gasteiger partial charge in [0.15, 0.2) is 0 Å². The normalized spacial score (nSPS) is 10.3. The first-order valence-corrected chi connectivity index (χ1v) is 8.70. The molecule has 0 aliphatic carbocycles. The summed E-state index contributed by atoms with van der Waals surface area (Å²) in [4.78, 5) is 28.1. The molecule has 26 heavy (non-hydrogen) atoms. The molecule has 1 aromatic heterocycles. The molecule has 0 aliphatic heterocycles. The van der Waals surface area contributed by atoms with E-state index in [1.165, 1.54) is 6.33 Å². The molecule has 2 N–H and O–H groups in total. The van der Waals surface area contributed by atoms with Crippen LogP contribution in [0.25, 0.3) is 5.69 Å². The molecule has 0 spiro atoms. The van der Waals surface area contributed by atoms with Crippen LogP contribution in [-0.4, -0.2) is 33.1 Å². The summed E-state index contributed by atoms with van der Waals surface area (Å²) in [5.74, 6) is -0.415. The van der Waals surface area contributed by atoms with E-state index in [0.717, 1.165) is 4.47 Å². The molecule has 0 atom stereocenters. The quantitative estimate of drug-likeness (QED) is 0.649. The van der Waals surface area contributed by atoms with Gasteiger partial charge in [0.25, 0.3) is 5.91 Å². The third kappa shape index (κ3) is 4.54. The van der Waals surface area contributed by atoms with Crippen LogP contribution in [0.5, 0.6) is 0 Å². The van der Waals surface area contributed by atoms with E-state index in [1.807, 2.05) is 18.2 Å². The van der Waals surface area contributed by atoms with Crippen molar-refractivity contribution < 1.29 is 9.59 Å². The van der Waals surface area contributed by atoms with Gasteiger partial charge in [0.1, 0.15) is 12.7 Å². The highest BCUT2D eigenvalue weighted by Gasteiger charge is 2.11. The van der Waals surface area contributed by atoms with E-state index in [4.69, 9.17) is 0 Å². The molecule has 0 unspecified atom stereocenters. The second kappa shape index (κ2) is 8.39. The van der Waals surface area contributed by atoms with Crippen molar-refractivity contribution in [3.8, 4) is 5.69 Å². The molecule has 3 aromatic rings. The van der Waals surface area contributed by atoms with Gasteiger partial charge in [-0.3, -0.25) is 9.59 Å². The lowest BCUT2D eigenvalue weighted by molar-refractivity contribution is -0.116. The molecule has 2 amide bonds. The Morgan fingerprint density at radius 3 is 2.65 bits per heavy atom. The smallest absolute Gasteiger partial charge is 0.251 e. The molecule has 3 rings (SSSR count). The molecule has 0 bridgehead atoms. The van der Waals surface area contributed by atoms with Crippen LogP contribution in [-0.2, 0) is 4.79 Å². The highest BCUT2D eigenvalue weighted by Crippen LogP contribution is 2.24. The minimum absolute atomic E-state index is 0.155. The first-order valence-electron chi connectivity index (χ1n) is 7.91. The Morgan fingerprint density at radius 1 is 1.12 bits per heavy atom. The van der Waals surface area contributed by atoms with Crippen molar-refractivity contribution in [2.75, 3.05) is 11.9 Å². The molecule has 0 saturated carbocycles. The molecule has 0 saturated heterocycles. The van der Waals surface area contributed by atoms with Gasteiger partial charge in [0.05, 0.1) is 11.4 Å². The molecule has 0 aliphatic rings. The van der Waals surface area contributed by atoms with Gasteiger partial charge < -0.3 is 10.6 Å². The van der Waals surface area contributed by atoms with Crippen molar-refractivity contribution in [2.24, 2.45) is 0 Å². The summed E-state index contributed by atoms with van der Waals surface area (Å²) in [5, 5.41) is 9.66. The Kier molecular flexibility index (Phi) is 5.75. The number of benzene rings is 2. The molecular formula is C18H16BrN5O2. The number of nitrogens with zero attached hydrogens (tertiary/aromatic N) is 3. The number of amides is 2. The van der Waals surface area contributed by atoms with Crippen molar-refractivity contribution in [3.63, 3.8) is 0 Å². The van der Waals surface area contributed by atoms with E-state index in [9.17, 15) is 9.59 Å². The monoisotopic (exact) mass is 413 g/mol. The Morgan fingerprint density at radius 2 is 1.92 bits per heavy atom. The largest absolute Gasteiger partial charge is 0.352 e. The average molecular weight is 414 g/mol. The molecule has 0 radical (unpaired) electrons. The van der Waals surface area contributed by atoms with Gasteiger partial charge in [-0.15, -0.1) is 0 Å². The summed E-state index contributed by atoms with van der Waals surface area (Å²) >= 11 is 3.39. The summed E-state index contributed by atoms with van der Waals surface area (Å²) in [6, 6.07) is 14.3. The van der Waals surface area contributed by atoms with Gasteiger partial charge in [0.2, 0.25) is 5.91 Å². The second-order valence-electron chi connectivity index (χ2n) is 5.42. The van der Waals surface area contributed by atoms with Gasteiger partial charge >= 0.3 is 0 Å². The second-order valence-corrected chi connectivity index (χ2v) is 6.34. The molecule has 7 nitrogen and oxygen atoms in total. The maximum atomic E-state index is 12.2. The molecule has 0 fully saturated rings. The number of carbonyl (C=O) groups is 2. The van der Waals surface area contributed by atoms with Crippen LogP contribution in [0.1, 0.15) is 16.8 Å². The van der Waals surface area contributed by atoms with Gasteiger partial charge in [0, 0.05) is 23.0 Å². The summed E-state index contributed by atoms with van der Waals surface area (Å²) in [7, 11) is 0. The van der Waals surface area contributed by atoms with E-state index in [1.54, 1.807) is 41.3 Å². The number of rotatable bonds is 6. The zero-order valence-electron chi connectivity index (χ0n) is 13.7. The van der Waals surface area contributed by atoms with Gasteiger partial charge in [-0.1, -0.05) is 34.1 Å². The van der Waals surface area contributed by atoms with Crippen molar-refractivity contribution in [3.05, 3.63) is 71.2 Å². The van der Waals surface area contributed by atoms with Crippen LogP contribution in [0, 0.1) is 0 Å². The van der Waals surface area contributed by atoms with Crippen LogP contribution in [0.4, 0.5) is 5.69 Å². The Balaban J connectivity index is 1.59. The molecule has 132 valence electrons. The van der Waals surface area contributed by atoms with Crippen molar-refractivity contribution in [1.29, 1.82) is 0 Å². The zero-order chi connectivity index (χ0) is 18.4. The Bertz CT molecular complexity index is 897. The third-order valence-electron chi connectivity index (χ3n) is 3.57. The highest BCUT2D eigenvalue weighted by atomic mass is 79.9. The number of anilines is 1. The number of aromatic nitrogens is 3. The SMILES string of the molecule is O=C(CCNC(=O)c1ccccc1)Nc1cc(Br)ccc1-n1cncn1. The van der Waals surface area contributed by atoms with E-state index in [2.05, 4.69) is 36.6 Å². The van der Waals surface area contributed by atoms with Crippen LogP contribution in [0.3, 0.4) is 0 Å². The van der Waals surface area contributed by atoms with Crippen molar-refractivity contribution in [1.82, 2.24) is 20.1 Å². The standard InChI is InChI=1S/C18H16BrN5O2/c19-14-6-7-16(24-12-20-11-22-24)15(10-14)23-17(25)8-9-21-18(26)13-4-2-1-3-5-13/h1-7,10-12H,8-9H2,(H,21,26)(H,23,25). The number of nitrogens with one attached hydrogen (secondary N) is 2. The molecule has 2 aromatic carbocycles. The van der Waals surface area contributed by atoms with Crippen LogP contribution < -0.4 is 10.6 Å². The fourth-order valence-electron chi connectivity index (χ4n) is 2.33. The lowest BCUT2D eigenvalue weighted by Gasteiger charge is -2.12. The lowest BCUT2D eigenvalue weighted by Crippen LogP contribution is -2.27. The van der Waals surface area contributed by atoms with E-state index in [0.29, 0.717) is 16.9 Å². The Hall–Kier alpha value is -3.00. The van der Waals surface area contributed by atoms with Gasteiger partial charge in [-0.2, -0.15) is 5.10 Å². The summed E-state index contributed by atoms with van der Waals surface area (Å²) in [6.45, 7) is 0.242. The summed E-state index contributed by atoms with van der Waals surface area (Å²) in [6.07, 6.45) is 3.13. The Labute approximate surface area is 158 Å². The predicted octanol–water partition coefficient (Wildman–Crippen LogP) is 2.79. The van der Waals surface area contributed by atoms with Crippen LogP contribution in [0.15, 0.2) is 65.7 Å². The van der Waals surface area contributed by atoms with Gasteiger partial charge in [-0.25, -0.2) is 9.67 Å². The third-order valence-corrected chi connectivity index (χ3v) is 4.07. The fourth-order valence-corrected chi connectivity index (χ4v) is 2.70. The number of carbonyl (C=O) groups excluding carboxylic acids is 2. The average Bonchev–Trinajstić information content (AvgIpc) is 3.17. The zero-order valence-corrected chi connectivity index (χ0v) is 15.3. The van der Waals surface area contributed by atoms with E-state index < -0.39 is 0 Å². The van der Waals surface area contributed by atoms with E-state index in [-0.39, 0.29) is 24.8 Å². The predicted molar refractivity (Wildman–Crippen MR) is 101 cm³/mol. The summed E-state index contributed by atoms with van der Waals surface area (Å²) in [5.41, 5.74) is 1.87. The van der Waals surface area contributed by atoms with Gasteiger partial charge in [-0.05, 0) is 30.3 Å². The van der Waals surface area contributed by atoms with E-state index >= 15 is 0 Å². The van der Waals surface area contributed by atoms with Crippen LogP contribution in [0.2, 0.25) is 0 Å². The van der Waals surface area contributed by atoms with Crippen LogP contribution >= 0.6 is 15.9 Å². The molecule has 8 heteroatoms.